The summed E-state index contributed by atoms with van der Waals surface area (Å²) < 4.78 is 0. The summed E-state index contributed by atoms with van der Waals surface area (Å²) >= 11 is 0. The Balaban J connectivity index is 1.46. The van der Waals surface area contributed by atoms with Gasteiger partial charge in [0, 0.05) is 25.7 Å². The maximum absolute atomic E-state index is 10.3. The van der Waals surface area contributed by atoms with Crippen molar-refractivity contribution in [1.82, 2.24) is 10.6 Å². The van der Waals surface area contributed by atoms with E-state index in [4.69, 9.17) is 0 Å². The molecule has 0 aromatic heterocycles. The molecule has 0 aromatic rings. The molecule has 5 aliphatic rings. The summed E-state index contributed by atoms with van der Waals surface area (Å²) in [5.74, 6) is 3.06. The van der Waals surface area contributed by atoms with E-state index < -0.39 is 0 Å². The molecule has 3 nitrogen and oxygen atoms in total. The molecule has 27 heavy (non-hydrogen) atoms. The highest BCUT2D eigenvalue weighted by molar-refractivity contribution is 5.33. The van der Waals surface area contributed by atoms with Crippen LogP contribution in [0.2, 0.25) is 0 Å². The van der Waals surface area contributed by atoms with E-state index in [0.29, 0.717) is 22.8 Å². The van der Waals surface area contributed by atoms with E-state index >= 15 is 0 Å². The third-order valence-electron chi connectivity index (χ3n) is 9.47. The summed E-state index contributed by atoms with van der Waals surface area (Å²) in [5, 5.41) is 17.6. The van der Waals surface area contributed by atoms with Crippen molar-refractivity contribution >= 4 is 0 Å². The quantitative estimate of drug-likeness (QED) is 0.617. The van der Waals surface area contributed by atoms with Gasteiger partial charge in [-0.3, -0.25) is 0 Å². The van der Waals surface area contributed by atoms with Gasteiger partial charge in [-0.25, -0.2) is 0 Å². The molecule has 1 saturated heterocycles. The monoisotopic (exact) mass is 370 g/mol. The molecule has 1 aliphatic heterocycles. The number of hydrogen-bond donors (Lipinski definition) is 3. The Hall–Kier alpha value is -0.640. The van der Waals surface area contributed by atoms with Gasteiger partial charge < -0.3 is 15.7 Å². The largest absolute Gasteiger partial charge is 0.393 e. The van der Waals surface area contributed by atoms with Gasteiger partial charge in [0.05, 0.1) is 6.10 Å². The minimum absolute atomic E-state index is 0.105. The summed E-state index contributed by atoms with van der Waals surface area (Å²) in [6, 6.07) is 0.538. The lowest BCUT2D eigenvalue weighted by Gasteiger charge is -2.60. The Morgan fingerprint density at radius 3 is 2.67 bits per heavy atom. The predicted octanol–water partition coefficient (Wildman–Crippen LogP) is 3.65. The van der Waals surface area contributed by atoms with Crippen molar-refractivity contribution in [3.8, 4) is 0 Å². The number of rotatable bonds is 1. The van der Waals surface area contributed by atoms with Crippen LogP contribution < -0.4 is 10.6 Å². The minimum Gasteiger partial charge on any atom is -0.393 e. The third-order valence-corrected chi connectivity index (χ3v) is 9.47. The van der Waals surface area contributed by atoms with Crippen LogP contribution in [0, 0.1) is 34.5 Å². The molecule has 4 aliphatic carbocycles. The van der Waals surface area contributed by atoms with Gasteiger partial charge in [0.15, 0.2) is 0 Å². The van der Waals surface area contributed by atoms with Gasteiger partial charge in [-0.2, -0.15) is 0 Å². The van der Waals surface area contributed by atoms with Crippen molar-refractivity contribution in [2.75, 3.05) is 19.6 Å². The number of hydrogen-bond acceptors (Lipinski definition) is 3. The van der Waals surface area contributed by atoms with Crippen molar-refractivity contribution in [2.24, 2.45) is 34.5 Å². The summed E-state index contributed by atoms with van der Waals surface area (Å²) in [6.07, 6.45) is 12.2. The number of nitrogens with one attached hydrogen (secondary N) is 2. The molecule has 0 bridgehead atoms. The van der Waals surface area contributed by atoms with E-state index in [1.54, 1.807) is 11.1 Å². The molecule has 0 aromatic carbocycles. The second-order valence-electron chi connectivity index (χ2n) is 10.7. The first-order valence-corrected chi connectivity index (χ1v) is 11.5. The zero-order valence-corrected chi connectivity index (χ0v) is 17.4. The zero-order chi connectivity index (χ0) is 18.8. The molecule has 3 N–H and O–H groups in total. The number of aliphatic hydroxyl groups is 1. The highest BCUT2D eigenvalue weighted by atomic mass is 16.3. The van der Waals surface area contributed by atoms with Crippen molar-refractivity contribution in [3.63, 3.8) is 0 Å². The van der Waals surface area contributed by atoms with Gasteiger partial charge in [0.2, 0.25) is 0 Å². The predicted molar refractivity (Wildman–Crippen MR) is 110 cm³/mol. The standard InChI is InChI=1S/C24H38N2O/c1-15-12-16-13-17(27)6-8-23(16,2)20-7-9-24(3)18(4-5-19(24)22(15)20)21-14-25-10-11-26-21/h4,12,15,17,19-22,25-27H,5-11,13-14H2,1-3H3/t15-,17-,19+,20+,21?,22+,23+,24-/m1/s1. The molecule has 150 valence electrons. The molecule has 1 heterocycles. The van der Waals surface area contributed by atoms with E-state index in [9.17, 15) is 5.11 Å². The average molecular weight is 371 g/mol. The first kappa shape index (κ1) is 18.4. The molecule has 5 rings (SSSR count). The Morgan fingerprint density at radius 2 is 1.89 bits per heavy atom. The Bertz CT molecular complexity index is 663. The Morgan fingerprint density at radius 1 is 1.07 bits per heavy atom. The van der Waals surface area contributed by atoms with E-state index in [1.807, 2.05) is 0 Å². The first-order valence-electron chi connectivity index (χ1n) is 11.5. The molecular formula is C24H38N2O. The van der Waals surface area contributed by atoms with Gasteiger partial charge in [-0.05, 0) is 78.6 Å². The Labute approximate surface area is 165 Å². The van der Waals surface area contributed by atoms with Gasteiger partial charge in [-0.1, -0.05) is 38.5 Å². The second kappa shape index (κ2) is 6.43. The first-order chi connectivity index (χ1) is 12.9. The smallest absolute Gasteiger partial charge is 0.0577 e. The maximum Gasteiger partial charge on any atom is 0.0577 e. The fourth-order valence-electron chi connectivity index (χ4n) is 8.02. The fraction of sp³-hybridized carbons (Fsp3) is 0.833. The summed E-state index contributed by atoms with van der Waals surface area (Å²) in [5.41, 5.74) is 4.01. The van der Waals surface area contributed by atoms with E-state index in [1.165, 1.54) is 25.7 Å². The van der Waals surface area contributed by atoms with Gasteiger partial charge in [-0.15, -0.1) is 0 Å². The number of fused-ring (bicyclic) bond motifs is 5. The maximum atomic E-state index is 10.3. The molecule has 0 spiro atoms. The van der Waals surface area contributed by atoms with Crippen molar-refractivity contribution in [3.05, 3.63) is 23.3 Å². The van der Waals surface area contributed by atoms with Crippen LogP contribution in [0.3, 0.4) is 0 Å². The molecule has 8 atom stereocenters. The van der Waals surface area contributed by atoms with Crippen LogP contribution >= 0.6 is 0 Å². The van der Waals surface area contributed by atoms with Crippen LogP contribution in [0.5, 0.6) is 0 Å². The van der Waals surface area contributed by atoms with Gasteiger partial charge in [0.25, 0.3) is 0 Å². The van der Waals surface area contributed by atoms with E-state index in [2.05, 4.69) is 43.6 Å². The molecule has 1 unspecified atom stereocenters. The van der Waals surface area contributed by atoms with Crippen LogP contribution in [0.4, 0.5) is 0 Å². The van der Waals surface area contributed by atoms with Crippen LogP contribution in [-0.4, -0.2) is 36.9 Å². The van der Waals surface area contributed by atoms with Crippen molar-refractivity contribution in [2.45, 2.75) is 71.4 Å². The van der Waals surface area contributed by atoms with E-state index in [0.717, 1.165) is 50.2 Å². The number of aliphatic hydroxyl groups excluding tert-OH is 1. The summed E-state index contributed by atoms with van der Waals surface area (Å²) in [4.78, 5) is 0. The summed E-state index contributed by atoms with van der Waals surface area (Å²) in [7, 11) is 0. The molecular weight excluding hydrogens is 332 g/mol. The molecule has 2 saturated carbocycles. The molecule has 3 fully saturated rings. The van der Waals surface area contributed by atoms with Gasteiger partial charge in [0.1, 0.15) is 0 Å². The normalized spacial score (nSPS) is 52.3. The lowest BCUT2D eigenvalue weighted by Crippen LogP contribution is -2.55. The third kappa shape index (κ3) is 2.64. The fourth-order valence-corrected chi connectivity index (χ4v) is 8.02. The number of allylic oxidation sites excluding steroid dienone is 2. The van der Waals surface area contributed by atoms with Crippen molar-refractivity contribution in [1.29, 1.82) is 0 Å². The second-order valence-corrected chi connectivity index (χ2v) is 10.7. The van der Waals surface area contributed by atoms with Gasteiger partial charge >= 0.3 is 0 Å². The van der Waals surface area contributed by atoms with Crippen LogP contribution in [0.1, 0.15) is 59.3 Å². The van der Waals surface area contributed by atoms with Crippen LogP contribution in [-0.2, 0) is 0 Å². The highest BCUT2D eigenvalue weighted by Crippen LogP contribution is 2.66. The highest BCUT2D eigenvalue weighted by Gasteiger charge is 2.58. The van der Waals surface area contributed by atoms with Crippen LogP contribution in [0.25, 0.3) is 0 Å². The average Bonchev–Trinajstić information content (AvgIpc) is 3.01. The number of piperazine rings is 1. The lowest BCUT2D eigenvalue weighted by atomic mass is 9.45. The molecule has 0 amide bonds. The van der Waals surface area contributed by atoms with E-state index in [-0.39, 0.29) is 6.10 Å². The SMILES string of the molecule is C[C@@H]1C=C2C[C@H](O)CC[C@]2(C)[C@H]2CC[C@]3(C)C(C4CNCCN4)=CC[C@H]3[C@H]12. The Kier molecular flexibility index (Phi) is 4.38. The topological polar surface area (TPSA) is 44.3 Å². The zero-order valence-electron chi connectivity index (χ0n) is 17.4. The molecule has 3 heteroatoms. The minimum atomic E-state index is -0.105. The molecule has 0 radical (unpaired) electrons. The van der Waals surface area contributed by atoms with Crippen molar-refractivity contribution < 1.29 is 5.11 Å². The summed E-state index contributed by atoms with van der Waals surface area (Å²) in [6.45, 7) is 10.9. The van der Waals surface area contributed by atoms with Crippen LogP contribution in [0.15, 0.2) is 23.3 Å². The lowest BCUT2D eigenvalue weighted by molar-refractivity contribution is -0.0494.